The Labute approximate surface area is 115 Å². The van der Waals surface area contributed by atoms with Gasteiger partial charge in [-0.2, -0.15) is 18.4 Å². The van der Waals surface area contributed by atoms with Crippen LogP contribution in [0.2, 0.25) is 0 Å². The Morgan fingerprint density at radius 1 is 1.25 bits per heavy atom. The molecule has 0 aliphatic rings. The molecular weight excluding hydrogens is 291 g/mol. The van der Waals surface area contributed by atoms with Crippen molar-refractivity contribution < 1.29 is 22.7 Å². The number of ether oxygens (including phenoxy) is 1. The van der Waals surface area contributed by atoms with E-state index in [4.69, 9.17) is 10.00 Å². The summed E-state index contributed by atoms with van der Waals surface area (Å²) >= 11 is 0.934. The number of carbonyl (C=O) groups is 1. The standard InChI is InChI=1S/C13H6F3NO2S/c14-13(15,16)10-5-8(6-17)1-3-11(10)19-12-4-2-9(7-18)20-12/h1-5,7H. The van der Waals surface area contributed by atoms with E-state index in [1.54, 1.807) is 6.07 Å². The first kappa shape index (κ1) is 14.1. The van der Waals surface area contributed by atoms with E-state index in [1.165, 1.54) is 18.2 Å². The van der Waals surface area contributed by atoms with Gasteiger partial charge in [0.05, 0.1) is 22.1 Å². The molecule has 20 heavy (non-hydrogen) atoms. The molecule has 102 valence electrons. The summed E-state index contributed by atoms with van der Waals surface area (Å²) in [6.07, 6.45) is -4.05. The van der Waals surface area contributed by atoms with Crippen molar-refractivity contribution in [2.24, 2.45) is 0 Å². The smallest absolute Gasteiger partial charge is 0.420 e. The number of nitrogens with zero attached hydrogens (tertiary/aromatic N) is 1. The second-order valence-electron chi connectivity index (χ2n) is 3.70. The van der Waals surface area contributed by atoms with Gasteiger partial charge in [0.1, 0.15) is 5.75 Å². The fraction of sp³-hybridized carbons (Fsp3) is 0.0769. The van der Waals surface area contributed by atoms with Gasteiger partial charge in [0.2, 0.25) is 0 Å². The van der Waals surface area contributed by atoms with Crippen molar-refractivity contribution in [2.75, 3.05) is 0 Å². The normalized spacial score (nSPS) is 10.9. The molecule has 0 atom stereocenters. The van der Waals surface area contributed by atoms with Crippen molar-refractivity contribution in [2.45, 2.75) is 6.18 Å². The summed E-state index contributed by atoms with van der Waals surface area (Å²) in [5.74, 6) is -0.407. The Morgan fingerprint density at radius 2 is 2.00 bits per heavy atom. The molecule has 1 aromatic heterocycles. The lowest BCUT2D eigenvalue weighted by molar-refractivity contribution is -0.138. The van der Waals surface area contributed by atoms with E-state index in [9.17, 15) is 18.0 Å². The molecule has 2 aromatic rings. The number of rotatable bonds is 3. The van der Waals surface area contributed by atoms with Crippen molar-refractivity contribution in [1.29, 1.82) is 5.26 Å². The number of alkyl halides is 3. The molecule has 0 aliphatic heterocycles. The quantitative estimate of drug-likeness (QED) is 0.796. The lowest BCUT2D eigenvalue weighted by Crippen LogP contribution is -2.07. The molecule has 0 amide bonds. The zero-order valence-electron chi connectivity index (χ0n) is 9.77. The Hall–Kier alpha value is -2.33. The predicted molar refractivity (Wildman–Crippen MR) is 65.9 cm³/mol. The summed E-state index contributed by atoms with van der Waals surface area (Å²) in [5.41, 5.74) is -1.14. The highest BCUT2D eigenvalue weighted by molar-refractivity contribution is 7.15. The van der Waals surface area contributed by atoms with Crippen LogP contribution in [0.1, 0.15) is 20.8 Å². The average Bonchev–Trinajstić information content (AvgIpc) is 2.85. The van der Waals surface area contributed by atoms with Crippen LogP contribution in [0.25, 0.3) is 0 Å². The molecule has 3 nitrogen and oxygen atoms in total. The minimum atomic E-state index is -4.63. The summed E-state index contributed by atoms with van der Waals surface area (Å²) < 4.78 is 43.8. The highest BCUT2D eigenvalue weighted by atomic mass is 32.1. The van der Waals surface area contributed by atoms with E-state index in [-0.39, 0.29) is 10.6 Å². The molecule has 0 spiro atoms. The third-order valence-corrected chi connectivity index (χ3v) is 3.23. The topological polar surface area (TPSA) is 50.1 Å². The summed E-state index contributed by atoms with van der Waals surface area (Å²) in [7, 11) is 0. The Balaban J connectivity index is 2.40. The molecule has 1 aromatic carbocycles. The molecule has 2 rings (SSSR count). The minimum absolute atomic E-state index is 0.107. The maximum atomic E-state index is 12.9. The maximum absolute atomic E-state index is 12.9. The van der Waals surface area contributed by atoms with Gasteiger partial charge in [-0.05, 0) is 30.3 Å². The second kappa shape index (κ2) is 5.35. The Morgan fingerprint density at radius 3 is 2.55 bits per heavy atom. The minimum Gasteiger partial charge on any atom is -0.446 e. The third kappa shape index (κ3) is 2.97. The highest BCUT2D eigenvalue weighted by Gasteiger charge is 2.35. The van der Waals surface area contributed by atoms with Gasteiger partial charge < -0.3 is 4.74 Å². The van der Waals surface area contributed by atoms with E-state index < -0.39 is 17.5 Å². The number of carbonyl (C=O) groups excluding carboxylic acids is 1. The molecule has 0 radical (unpaired) electrons. The van der Waals surface area contributed by atoms with E-state index >= 15 is 0 Å². The number of halogens is 3. The molecule has 7 heteroatoms. The first-order chi connectivity index (χ1) is 9.44. The van der Waals surface area contributed by atoms with Crippen molar-refractivity contribution in [3.05, 3.63) is 46.3 Å². The number of nitriles is 1. The average molecular weight is 297 g/mol. The fourth-order valence-corrected chi connectivity index (χ4v) is 2.16. The van der Waals surface area contributed by atoms with Crippen LogP contribution in [0.4, 0.5) is 13.2 Å². The number of hydrogen-bond donors (Lipinski definition) is 0. The van der Waals surface area contributed by atoms with Crippen molar-refractivity contribution in [3.8, 4) is 16.9 Å². The maximum Gasteiger partial charge on any atom is 0.420 e. The lowest BCUT2D eigenvalue weighted by Gasteiger charge is -2.12. The number of thiophene rings is 1. The molecule has 1 heterocycles. The van der Waals surface area contributed by atoms with Gasteiger partial charge in [-0.1, -0.05) is 11.3 Å². The summed E-state index contributed by atoms with van der Waals surface area (Å²) in [6, 6.07) is 7.55. The lowest BCUT2D eigenvalue weighted by atomic mass is 10.1. The first-order valence-electron chi connectivity index (χ1n) is 5.28. The molecule has 0 saturated carbocycles. The fourth-order valence-electron chi connectivity index (χ4n) is 1.47. The summed E-state index contributed by atoms with van der Waals surface area (Å²) in [5, 5.41) is 8.82. The largest absolute Gasteiger partial charge is 0.446 e. The number of hydrogen-bond acceptors (Lipinski definition) is 4. The van der Waals surface area contributed by atoms with Crippen LogP contribution < -0.4 is 4.74 Å². The molecule has 0 bridgehead atoms. The molecular formula is C13H6F3NO2S. The number of aldehydes is 1. The van der Waals surface area contributed by atoms with Gasteiger partial charge in [-0.15, -0.1) is 0 Å². The van der Waals surface area contributed by atoms with Crippen LogP contribution in [-0.2, 0) is 6.18 Å². The van der Waals surface area contributed by atoms with Gasteiger partial charge in [-0.3, -0.25) is 4.79 Å². The summed E-state index contributed by atoms with van der Waals surface area (Å²) in [6.45, 7) is 0. The van der Waals surface area contributed by atoms with E-state index in [2.05, 4.69) is 0 Å². The van der Waals surface area contributed by atoms with Gasteiger partial charge in [-0.25, -0.2) is 0 Å². The van der Waals surface area contributed by atoms with Gasteiger partial charge in [0.25, 0.3) is 0 Å². The molecule has 0 aliphatic carbocycles. The molecule has 0 saturated heterocycles. The van der Waals surface area contributed by atoms with Gasteiger partial charge in [0, 0.05) is 0 Å². The van der Waals surface area contributed by atoms with Crippen molar-refractivity contribution in [1.82, 2.24) is 0 Å². The van der Waals surface area contributed by atoms with Crippen molar-refractivity contribution >= 4 is 17.6 Å². The molecule has 0 unspecified atom stereocenters. The van der Waals surface area contributed by atoms with Gasteiger partial charge >= 0.3 is 6.18 Å². The predicted octanol–water partition coefficient (Wildman–Crippen LogP) is 4.24. The molecule has 0 fully saturated rings. The van der Waals surface area contributed by atoms with Crippen molar-refractivity contribution in [3.63, 3.8) is 0 Å². The Bertz CT molecular complexity index is 686. The number of benzene rings is 1. The van der Waals surface area contributed by atoms with Crippen LogP contribution >= 0.6 is 11.3 Å². The van der Waals surface area contributed by atoms with E-state index in [0.29, 0.717) is 11.2 Å². The van der Waals surface area contributed by atoms with E-state index in [0.717, 1.165) is 23.5 Å². The van der Waals surface area contributed by atoms with E-state index in [1.807, 2.05) is 0 Å². The van der Waals surface area contributed by atoms with Crippen LogP contribution in [0.15, 0.2) is 30.3 Å². The Kier molecular flexibility index (Phi) is 3.77. The van der Waals surface area contributed by atoms with Crippen LogP contribution in [0, 0.1) is 11.3 Å². The monoisotopic (exact) mass is 297 g/mol. The zero-order chi connectivity index (χ0) is 14.8. The van der Waals surface area contributed by atoms with Crippen LogP contribution in [-0.4, -0.2) is 6.29 Å². The van der Waals surface area contributed by atoms with Gasteiger partial charge in [0.15, 0.2) is 11.3 Å². The second-order valence-corrected chi connectivity index (χ2v) is 4.78. The SMILES string of the molecule is N#Cc1ccc(Oc2ccc(C=O)s2)c(C(F)(F)F)c1. The summed E-state index contributed by atoms with van der Waals surface area (Å²) in [4.78, 5) is 10.9. The third-order valence-electron chi connectivity index (χ3n) is 2.34. The molecule has 0 N–H and O–H groups in total. The van der Waals surface area contributed by atoms with Crippen LogP contribution in [0.5, 0.6) is 10.8 Å². The highest BCUT2D eigenvalue weighted by Crippen LogP contribution is 2.39. The zero-order valence-corrected chi connectivity index (χ0v) is 10.6. The van der Waals surface area contributed by atoms with Crippen LogP contribution in [0.3, 0.4) is 0 Å². The first-order valence-corrected chi connectivity index (χ1v) is 6.10.